The van der Waals surface area contributed by atoms with Crippen LogP contribution in [0.1, 0.15) is 401 Å². The van der Waals surface area contributed by atoms with Gasteiger partial charge in [-0.1, -0.05) is 350 Å². The monoisotopic (exact) mass is 1410 g/mol. The number of hydrogen-bond donors (Lipinski definition) is 3. The molecule has 0 heterocycles. The van der Waals surface area contributed by atoms with E-state index in [2.05, 4.69) is 41.5 Å². The van der Waals surface area contributed by atoms with Gasteiger partial charge in [-0.15, -0.1) is 0 Å². The van der Waals surface area contributed by atoms with Crippen LogP contribution >= 0.6 is 15.6 Å². The van der Waals surface area contributed by atoms with Gasteiger partial charge in [-0.2, -0.15) is 0 Å². The smallest absolute Gasteiger partial charge is 0.462 e. The van der Waals surface area contributed by atoms with Crippen molar-refractivity contribution in [2.24, 2.45) is 11.8 Å². The number of aliphatic hydroxyl groups excluding tert-OH is 1. The molecule has 0 aliphatic rings. The molecule has 0 spiro atoms. The van der Waals surface area contributed by atoms with Crippen LogP contribution in [0.3, 0.4) is 0 Å². The zero-order valence-electron chi connectivity index (χ0n) is 62.7. The molecule has 0 saturated heterocycles. The number of esters is 4. The summed E-state index contributed by atoms with van der Waals surface area (Å²) in [6.07, 6.45) is 56.7. The minimum absolute atomic E-state index is 0.107. The number of rotatable bonds is 76. The predicted octanol–water partition coefficient (Wildman–Crippen LogP) is 22.7. The van der Waals surface area contributed by atoms with Gasteiger partial charge in [0.15, 0.2) is 12.2 Å². The summed E-state index contributed by atoms with van der Waals surface area (Å²) in [7, 11) is -9.91. The predicted molar refractivity (Wildman–Crippen MR) is 391 cm³/mol. The average molecular weight is 1410 g/mol. The summed E-state index contributed by atoms with van der Waals surface area (Å²) in [5.74, 6) is -0.565. The Labute approximate surface area is 588 Å². The molecule has 3 N–H and O–H groups in total. The molecule has 0 saturated carbocycles. The Morgan fingerprint density at radius 2 is 0.479 bits per heavy atom. The quantitative estimate of drug-likeness (QED) is 0.0222. The third kappa shape index (κ3) is 70.5. The standard InChI is InChI=1S/C77H150O17P2/c1-7-9-11-13-15-17-19-20-21-22-23-24-31-37-43-49-55-61-76(81)93-73(66-88-75(80)60-54-48-42-36-30-26-25-28-33-39-45-51-57-69(3)4)68-92-96(85,86)90-64-71(78)63-89-95(83,84)91-67-72(65-87-74(79)59-53-47-41-35-18-16-14-12-10-8-2)94-77(82)62-56-50-44-38-32-27-29-34-40-46-52-58-70(5)6/h69-73,78H,7-68H2,1-6H3,(H,83,84)(H,85,86)/t71-,72+,73+/m0/s1. The third-order valence-corrected chi connectivity index (χ3v) is 19.9. The molecule has 0 aliphatic carbocycles. The Bertz CT molecular complexity index is 1860. The number of phosphoric acid groups is 2. The normalized spacial score (nSPS) is 14.0. The van der Waals surface area contributed by atoms with Gasteiger partial charge < -0.3 is 33.8 Å². The first-order valence-corrected chi connectivity index (χ1v) is 43.0. The molecule has 17 nitrogen and oxygen atoms in total. The van der Waals surface area contributed by atoms with Gasteiger partial charge in [0.2, 0.25) is 0 Å². The van der Waals surface area contributed by atoms with E-state index in [9.17, 15) is 43.2 Å². The molecule has 0 rings (SSSR count). The second-order valence-corrected chi connectivity index (χ2v) is 31.6. The zero-order valence-corrected chi connectivity index (χ0v) is 64.5. The van der Waals surface area contributed by atoms with E-state index in [4.69, 9.17) is 37.0 Å². The highest BCUT2D eigenvalue weighted by Gasteiger charge is 2.30. The van der Waals surface area contributed by atoms with Gasteiger partial charge in [-0.3, -0.25) is 37.3 Å². The number of hydrogen-bond acceptors (Lipinski definition) is 15. The maximum atomic E-state index is 13.1. The third-order valence-electron chi connectivity index (χ3n) is 18.0. The largest absolute Gasteiger partial charge is 0.472 e. The van der Waals surface area contributed by atoms with Crippen molar-refractivity contribution < 1.29 is 80.2 Å². The summed E-state index contributed by atoms with van der Waals surface area (Å²) in [5.41, 5.74) is 0. The fourth-order valence-corrected chi connectivity index (χ4v) is 13.4. The number of carbonyl (C=O) groups is 4. The first-order chi connectivity index (χ1) is 46.4. The molecule has 0 radical (unpaired) electrons. The summed E-state index contributed by atoms with van der Waals surface area (Å²) in [6, 6.07) is 0. The van der Waals surface area contributed by atoms with Gasteiger partial charge in [-0.05, 0) is 37.5 Å². The van der Waals surface area contributed by atoms with Crippen LogP contribution in [0.2, 0.25) is 0 Å². The molecule has 19 heteroatoms. The molecule has 2 unspecified atom stereocenters. The van der Waals surface area contributed by atoms with Crippen molar-refractivity contribution in [1.29, 1.82) is 0 Å². The minimum Gasteiger partial charge on any atom is -0.462 e. The van der Waals surface area contributed by atoms with E-state index in [-0.39, 0.29) is 25.7 Å². The maximum Gasteiger partial charge on any atom is 0.472 e. The van der Waals surface area contributed by atoms with Crippen LogP contribution in [0.25, 0.3) is 0 Å². The van der Waals surface area contributed by atoms with Gasteiger partial charge in [0.1, 0.15) is 19.3 Å². The molecular formula is C77H150O17P2. The second-order valence-electron chi connectivity index (χ2n) is 28.7. The molecule has 0 fully saturated rings. The fourth-order valence-electron chi connectivity index (χ4n) is 11.8. The highest BCUT2D eigenvalue weighted by atomic mass is 31.2. The molecule has 96 heavy (non-hydrogen) atoms. The van der Waals surface area contributed by atoms with E-state index in [1.54, 1.807) is 0 Å². The van der Waals surface area contributed by atoms with Crippen LogP contribution in [0.15, 0.2) is 0 Å². The van der Waals surface area contributed by atoms with Crippen LogP contribution < -0.4 is 0 Å². The van der Waals surface area contributed by atoms with E-state index < -0.39 is 97.5 Å². The number of phosphoric ester groups is 2. The lowest BCUT2D eigenvalue weighted by Gasteiger charge is -2.21. The highest BCUT2D eigenvalue weighted by Crippen LogP contribution is 2.45. The minimum atomic E-state index is -4.96. The molecule has 5 atom stereocenters. The first kappa shape index (κ1) is 94.1. The van der Waals surface area contributed by atoms with Crippen molar-refractivity contribution in [2.45, 2.75) is 419 Å². The van der Waals surface area contributed by atoms with Crippen LogP contribution in [0, 0.1) is 11.8 Å². The van der Waals surface area contributed by atoms with Gasteiger partial charge >= 0.3 is 39.5 Å². The van der Waals surface area contributed by atoms with E-state index in [1.165, 1.54) is 218 Å². The van der Waals surface area contributed by atoms with Gasteiger partial charge in [0.05, 0.1) is 26.4 Å². The zero-order chi connectivity index (χ0) is 70.7. The van der Waals surface area contributed by atoms with E-state index >= 15 is 0 Å². The summed E-state index contributed by atoms with van der Waals surface area (Å²) < 4.78 is 68.6. The van der Waals surface area contributed by atoms with Gasteiger partial charge in [0.25, 0.3) is 0 Å². The molecule has 0 aliphatic heterocycles. The van der Waals surface area contributed by atoms with Crippen LogP contribution in [-0.2, 0) is 65.4 Å². The molecule has 570 valence electrons. The number of carbonyl (C=O) groups excluding carboxylic acids is 4. The Hall–Kier alpha value is -1.94. The molecular weight excluding hydrogens is 1260 g/mol. The Morgan fingerprint density at radius 3 is 0.708 bits per heavy atom. The molecule has 0 amide bonds. The topological polar surface area (TPSA) is 237 Å². The summed E-state index contributed by atoms with van der Waals surface area (Å²) in [5, 5.41) is 10.6. The maximum absolute atomic E-state index is 13.1. The van der Waals surface area contributed by atoms with Crippen molar-refractivity contribution in [3.8, 4) is 0 Å². The van der Waals surface area contributed by atoms with Crippen LogP contribution in [0.4, 0.5) is 0 Å². The SMILES string of the molecule is CCCCCCCCCCCCCCCCCCCC(=O)O[C@H](COC(=O)CCCCCCCCCCCCCCC(C)C)COP(=O)(O)OC[C@@H](O)COP(=O)(O)OC[C@@H](COC(=O)CCCCCCCCCCCC)OC(=O)CCCCCCCCCCCCCC(C)C. The molecule has 0 aromatic heterocycles. The lowest BCUT2D eigenvalue weighted by Crippen LogP contribution is -2.30. The van der Waals surface area contributed by atoms with Gasteiger partial charge in [-0.25, -0.2) is 9.13 Å². The number of ether oxygens (including phenoxy) is 4. The summed E-state index contributed by atoms with van der Waals surface area (Å²) in [6.45, 7) is 9.62. The van der Waals surface area contributed by atoms with Crippen LogP contribution in [0.5, 0.6) is 0 Å². The lowest BCUT2D eigenvalue weighted by atomic mass is 10.0. The van der Waals surface area contributed by atoms with E-state index in [0.29, 0.717) is 25.7 Å². The summed E-state index contributed by atoms with van der Waals surface area (Å²) in [4.78, 5) is 72.9. The Kier molecular flexibility index (Phi) is 67.4. The second kappa shape index (κ2) is 68.8. The number of aliphatic hydroxyl groups is 1. The Balaban J connectivity index is 5.25. The first-order valence-electron chi connectivity index (χ1n) is 40.0. The van der Waals surface area contributed by atoms with Crippen molar-refractivity contribution in [2.75, 3.05) is 39.6 Å². The lowest BCUT2D eigenvalue weighted by molar-refractivity contribution is -0.161. The van der Waals surface area contributed by atoms with Gasteiger partial charge in [0, 0.05) is 25.7 Å². The van der Waals surface area contributed by atoms with Crippen molar-refractivity contribution in [3.63, 3.8) is 0 Å². The van der Waals surface area contributed by atoms with E-state index in [1.807, 2.05) is 0 Å². The Morgan fingerprint density at radius 1 is 0.281 bits per heavy atom. The fraction of sp³-hybridized carbons (Fsp3) is 0.948. The van der Waals surface area contributed by atoms with Crippen molar-refractivity contribution in [3.05, 3.63) is 0 Å². The highest BCUT2D eigenvalue weighted by molar-refractivity contribution is 7.47. The van der Waals surface area contributed by atoms with Crippen molar-refractivity contribution >= 4 is 39.5 Å². The van der Waals surface area contributed by atoms with Crippen LogP contribution in [-0.4, -0.2) is 96.7 Å². The molecule has 0 aromatic carbocycles. The van der Waals surface area contributed by atoms with Crippen molar-refractivity contribution in [1.82, 2.24) is 0 Å². The molecule has 0 bridgehead atoms. The number of unbranched alkanes of at least 4 members (excludes halogenated alkanes) is 46. The molecule has 0 aromatic rings. The average Bonchev–Trinajstić information content (AvgIpc) is 1.67. The summed E-state index contributed by atoms with van der Waals surface area (Å²) >= 11 is 0. The van der Waals surface area contributed by atoms with E-state index in [0.717, 1.165) is 102 Å².